The number of benzene rings is 1. The first-order valence-electron chi connectivity index (χ1n) is 6.85. The molecule has 146 valence electrons. The van der Waals surface area contributed by atoms with Crippen LogP contribution in [0.5, 0.6) is 11.5 Å². The van der Waals surface area contributed by atoms with Crippen LogP contribution in [0.2, 0.25) is 0 Å². The van der Waals surface area contributed by atoms with Gasteiger partial charge in [-0.15, -0.1) is 13.2 Å². The lowest BCUT2D eigenvalue weighted by atomic mass is 10.1. The van der Waals surface area contributed by atoms with Gasteiger partial charge in [0.15, 0.2) is 23.9 Å². The van der Waals surface area contributed by atoms with Crippen LogP contribution in [0, 0.1) is 0 Å². The number of fused-ring (bicyclic) bond motifs is 3. The van der Waals surface area contributed by atoms with Crippen molar-refractivity contribution in [3.8, 4) is 11.5 Å². The SMILES string of the molecule is O=C1c2c(ccc(OS(=O)(=O)C(F)(F)F)c2OC(F)(F)F)C2=C[NH+]=CCN12. The number of carbonyl (C=O) groups is 1. The van der Waals surface area contributed by atoms with E-state index in [0.717, 1.165) is 11.0 Å². The van der Waals surface area contributed by atoms with Gasteiger partial charge in [0.2, 0.25) is 0 Å². The standard InChI is InChI=1S/C13H6F6N2O5S/c14-12(15,16)25-10-8(26-27(23,24)13(17,18)19)2-1-6-7-5-20-3-4-21(7)11(22)9(6)10/h1-3,5H,4H2/p+1. The molecule has 0 aromatic heterocycles. The lowest BCUT2D eigenvalue weighted by Crippen LogP contribution is -2.65. The fourth-order valence-electron chi connectivity index (χ4n) is 2.45. The Bertz CT molecular complexity index is 980. The number of nitrogens with one attached hydrogen (secondary N) is 1. The number of ether oxygens (including phenoxy) is 1. The van der Waals surface area contributed by atoms with Crippen LogP contribution >= 0.6 is 0 Å². The van der Waals surface area contributed by atoms with Gasteiger partial charge in [0, 0.05) is 5.56 Å². The van der Waals surface area contributed by atoms with Crippen molar-refractivity contribution in [2.75, 3.05) is 6.54 Å². The normalized spacial score (nSPS) is 16.7. The number of hydrogen-bond acceptors (Lipinski definition) is 5. The monoisotopic (exact) mass is 417 g/mol. The first-order valence-corrected chi connectivity index (χ1v) is 8.26. The molecule has 0 spiro atoms. The maximum Gasteiger partial charge on any atom is 0.573 e. The molecule has 0 saturated carbocycles. The highest BCUT2D eigenvalue weighted by Crippen LogP contribution is 2.45. The van der Waals surface area contributed by atoms with Crippen LogP contribution in [-0.2, 0) is 10.1 Å². The van der Waals surface area contributed by atoms with E-state index in [1.54, 1.807) is 0 Å². The maximum atomic E-state index is 12.7. The van der Waals surface area contributed by atoms with E-state index in [1.807, 2.05) is 0 Å². The minimum atomic E-state index is -6.29. The third-order valence-electron chi connectivity index (χ3n) is 3.46. The molecule has 0 atom stereocenters. The first kappa shape index (κ1) is 19.0. The van der Waals surface area contributed by atoms with Gasteiger partial charge < -0.3 is 8.92 Å². The van der Waals surface area contributed by atoms with E-state index in [4.69, 9.17) is 0 Å². The van der Waals surface area contributed by atoms with Gasteiger partial charge >= 0.3 is 22.0 Å². The van der Waals surface area contributed by atoms with Gasteiger partial charge in [-0.05, 0) is 12.1 Å². The molecule has 0 bridgehead atoms. The summed E-state index contributed by atoms with van der Waals surface area (Å²) >= 11 is 0. The molecule has 14 heteroatoms. The third kappa shape index (κ3) is 3.31. The number of nitrogens with zero attached hydrogens (tertiary/aromatic N) is 1. The van der Waals surface area contributed by atoms with E-state index < -0.39 is 45.0 Å². The molecule has 0 aliphatic carbocycles. The fourth-order valence-corrected chi connectivity index (χ4v) is 2.91. The van der Waals surface area contributed by atoms with Crippen LogP contribution in [0.1, 0.15) is 15.9 Å². The van der Waals surface area contributed by atoms with E-state index in [2.05, 4.69) is 13.9 Å². The van der Waals surface area contributed by atoms with Crippen LogP contribution in [-0.4, -0.2) is 43.9 Å². The smallest absolute Gasteiger partial charge is 0.401 e. The first-order chi connectivity index (χ1) is 12.3. The third-order valence-corrected chi connectivity index (χ3v) is 4.43. The Kier molecular flexibility index (Phi) is 4.13. The molecule has 2 aliphatic rings. The van der Waals surface area contributed by atoms with Crippen molar-refractivity contribution in [1.29, 1.82) is 0 Å². The van der Waals surface area contributed by atoms with Gasteiger partial charge in [-0.2, -0.15) is 21.6 Å². The molecule has 1 aromatic carbocycles. The number of hydrogen-bond donors (Lipinski definition) is 1. The van der Waals surface area contributed by atoms with Gasteiger partial charge in [0.25, 0.3) is 5.91 Å². The summed E-state index contributed by atoms with van der Waals surface area (Å²) < 4.78 is 106. The Morgan fingerprint density at radius 3 is 2.37 bits per heavy atom. The molecular formula is C13H7F6N2O5S+. The highest BCUT2D eigenvalue weighted by molar-refractivity contribution is 7.88. The van der Waals surface area contributed by atoms with E-state index in [0.29, 0.717) is 6.07 Å². The lowest BCUT2D eigenvalue weighted by molar-refractivity contribution is -0.369. The van der Waals surface area contributed by atoms with Gasteiger partial charge in [-0.3, -0.25) is 9.69 Å². The number of rotatable bonds is 3. The molecule has 2 aliphatic heterocycles. The summed E-state index contributed by atoms with van der Waals surface area (Å²) in [7, 11) is -6.29. The maximum absolute atomic E-state index is 12.7. The molecule has 27 heavy (non-hydrogen) atoms. The molecule has 1 aromatic rings. The summed E-state index contributed by atoms with van der Waals surface area (Å²) in [6.45, 7) is -0.0537. The average Bonchev–Trinajstić information content (AvgIpc) is 2.81. The minimum absolute atomic E-state index is 0.0537. The Balaban J connectivity index is 2.19. The van der Waals surface area contributed by atoms with Gasteiger partial charge in [0.05, 0.1) is 5.56 Å². The zero-order chi connectivity index (χ0) is 20.2. The molecule has 1 N–H and O–H groups in total. The lowest BCUT2D eigenvalue weighted by Gasteiger charge is -2.17. The highest BCUT2D eigenvalue weighted by atomic mass is 32.2. The van der Waals surface area contributed by atoms with Gasteiger partial charge in [-0.25, -0.2) is 4.99 Å². The number of alkyl halides is 6. The van der Waals surface area contributed by atoms with Crippen molar-refractivity contribution in [1.82, 2.24) is 4.90 Å². The predicted molar refractivity (Wildman–Crippen MR) is 74.8 cm³/mol. The summed E-state index contributed by atoms with van der Waals surface area (Å²) in [4.78, 5) is 16.1. The Morgan fingerprint density at radius 2 is 1.78 bits per heavy atom. The van der Waals surface area contributed by atoms with Crippen LogP contribution in [0.15, 0.2) is 18.3 Å². The Morgan fingerprint density at radius 1 is 1.11 bits per heavy atom. The van der Waals surface area contributed by atoms with E-state index in [-0.39, 0.29) is 17.8 Å². The van der Waals surface area contributed by atoms with Crippen molar-refractivity contribution >= 4 is 27.9 Å². The summed E-state index contributed by atoms with van der Waals surface area (Å²) in [5, 5.41) is 0. The summed E-state index contributed by atoms with van der Waals surface area (Å²) in [6, 6.07) is 1.50. The van der Waals surface area contributed by atoms with Crippen molar-refractivity contribution in [3.63, 3.8) is 0 Å². The van der Waals surface area contributed by atoms with Crippen LogP contribution < -0.4 is 13.9 Å². The zero-order valence-electron chi connectivity index (χ0n) is 12.7. The fraction of sp³-hybridized carbons (Fsp3) is 0.231. The van der Waals surface area contributed by atoms with E-state index in [9.17, 15) is 39.6 Å². The molecule has 7 nitrogen and oxygen atoms in total. The second-order valence-corrected chi connectivity index (χ2v) is 6.70. The van der Waals surface area contributed by atoms with E-state index >= 15 is 0 Å². The summed E-state index contributed by atoms with van der Waals surface area (Å²) in [5.74, 6) is -3.93. The largest absolute Gasteiger partial charge is 0.573 e. The predicted octanol–water partition coefficient (Wildman–Crippen LogP) is 0.733. The van der Waals surface area contributed by atoms with Gasteiger partial charge in [0.1, 0.15) is 12.2 Å². The molecular weight excluding hydrogens is 410 g/mol. The van der Waals surface area contributed by atoms with E-state index in [1.165, 1.54) is 12.4 Å². The second kappa shape index (κ2) is 5.87. The van der Waals surface area contributed by atoms with Crippen molar-refractivity contribution in [3.05, 3.63) is 29.5 Å². The molecule has 2 heterocycles. The van der Waals surface area contributed by atoms with Crippen LogP contribution in [0.3, 0.4) is 0 Å². The van der Waals surface area contributed by atoms with Crippen molar-refractivity contribution in [2.24, 2.45) is 0 Å². The zero-order valence-corrected chi connectivity index (χ0v) is 13.5. The second-order valence-electron chi connectivity index (χ2n) is 5.16. The Hall–Kier alpha value is -2.77. The van der Waals surface area contributed by atoms with Crippen molar-refractivity contribution in [2.45, 2.75) is 11.9 Å². The molecule has 0 saturated heterocycles. The van der Waals surface area contributed by atoms with Gasteiger partial charge in [-0.1, -0.05) is 0 Å². The highest BCUT2D eigenvalue weighted by Gasteiger charge is 2.50. The minimum Gasteiger partial charge on any atom is -0.401 e. The van der Waals surface area contributed by atoms with Crippen LogP contribution in [0.25, 0.3) is 5.70 Å². The average molecular weight is 417 g/mol. The summed E-state index contributed by atoms with van der Waals surface area (Å²) in [5.41, 5.74) is -6.64. The molecule has 0 fully saturated rings. The number of amides is 1. The summed E-state index contributed by atoms with van der Waals surface area (Å²) in [6.07, 6.45) is -2.77. The molecule has 1 amide bonds. The Labute approximate surface area is 146 Å². The number of halogens is 6. The molecule has 0 unspecified atom stereocenters. The topological polar surface area (TPSA) is 86.9 Å². The molecule has 3 rings (SSSR count). The quantitative estimate of drug-likeness (QED) is 0.445. The number of carbonyl (C=O) groups excluding carboxylic acids is 1. The molecule has 0 radical (unpaired) electrons. The van der Waals surface area contributed by atoms with Crippen molar-refractivity contribution < 1.29 is 53.5 Å². The van der Waals surface area contributed by atoms with Crippen LogP contribution in [0.4, 0.5) is 26.3 Å².